The molecule has 6 atom stereocenters. The van der Waals surface area contributed by atoms with E-state index in [9.17, 15) is 47.4 Å². The summed E-state index contributed by atoms with van der Waals surface area (Å²) < 4.78 is 27.4. The van der Waals surface area contributed by atoms with E-state index >= 15 is 0 Å². The number of nitrogens with two attached hydrogens (primary N) is 3. The minimum atomic E-state index is -1.58. The zero-order valence-corrected chi connectivity index (χ0v) is 33.1. The van der Waals surface area contributed by atoms with Gasteiger partial charge in [-0.2, -0.15) is 0 Å². The second-order valence-electron chi connectivity index (χ2n) is 14.1. The van der Waals surface area contributed by atoms with Gasteiger partial charge in [-0.15, -0.1) is 0 Å². The summed E-state index contributed by atoms with van der Waals surface area (Å²) in [6, 6.07) is 9.03. The van der Waals surface area contributed by atoms with Crippen molar-refractivity contribution in [2.45, 2.75) is 75.2 Å². The number of carbonyl (C=O) groups is 7. The van der Waals surface area contributed by atoms with Crippen molar-refractivity contribution in [3.05, 3.63) is 101 Å². The second kappa shape index (κ2) is 23.4. The highest BCUT2D eigenvalue weighted by Crippen LogP contribution is 2.21. The van der Waals surface area contributed by atoms with Crippen molar-refractivity contribution in [1.29, 1.82) is 5.41 Å². The molecule has 21 heteroatoms. The fraction of sp³-hybridized carbons (Fsp3) is 0.350. The number of hydrogen-bond donors (Lipinski definition) is 12. The lowest BCUT2D eigenvalue weighted by atomic mass is 9.91. The van der Waals surface area contributed by atoms with E-state index in [-0.39, 0.29) is 43.9 Å². The molecule has 15 N–H and O–H groups in total. The number of guanidine groups is 1. The molecule has 0 bridgehead atoms. The molecule has 0 radical (unpaired) electrons. The lowest BCUT2D eigenvalue weighted by Crippen LogP contribution is -2.59. The molecule has 6 amide bonds. The van der Waals surface area contributed by atoms with Crippen molar-refractivity contribution in [2.75, 3.05) is 13.1 Å². The smallest absolute Gasteiger partial charge is 0.305 e. The molecule has 61 heavy (non-hydrogen) atoms. The van der Waals surface area contributed by atoms with Crippen LogP contribution in [0.4, 0.5) is 8.78 Å². The Hall–Kier alpha value is -7.16. The number of benzene rings is 3. The number of phenolic OH excluding ortho intramolecular Hbond substituents is 1. The molecule has 3 rings (SSSR count). The van der Waals surface area contributed by atoms with Crippen LogP contribution < -0.4 is 49.1 Å². The molecule has 0 saturated carbocycles. The van der Waals surface area contributed by atoms with Gasteiger partial charge in [0.05, 0.1) is 19.0 Å². The lowest BCUT2D eigenvalue weighted by molar-refractivity contribution is -0.140. The average Bonchev–Trinajstić information content (AvgIpc) is 3.20. The molecule has 0 aliphatic heterocycles. The van der Waals surface area contributed by atoms with Crippen LogP contribution in [-0.2, 0) is 46.4 Å². The molecule has 0 heterocycles. The Morgan fingerprint density at radius 3 is 1.82 bits per heavy atom. The van der Waals surface area contributed by atoms with E-state index in [0.29, 0.717) is 16.7 Å². The number of carboxylic acid groups (broad SMARTS) is 1. The van der Waals surface area contributed by atoms with Gasteiger partial charge in [-0.3, -0.25) is 39.0 Å². The van der Waals surface area contributed by atoms with Crippen LogP contribution in [0.3, 0.4) is 0 Å². The molecule has 3 aromatic rings. The second-order valence-corrected chi connectivity index (χ2v) is 14.1. The zero-order valence-electron chi connectivity index (χ0n) is 33.1. The van der Waals surface area contributed by atoms with Crippen molar-refractivity contribution in [1.82, 2.24) is 31.9 Å². The van der Waals surface area contributed by atoms with Gasteiger partial charge in [0.15, 0.2) is 5.96 Å². The van der Waals surface area contributed by atoms with Gasteiger partial charge in [-0.1, -0.05) is 43.3 Å². The average molecular weight is 853 g/mol. The van der Waals surface area contributed by atoms with E-state index in [0.717, 1.165) is 12.1 Å². The van der Waals surface area contributed by atoms with Crippen LogP contribution in [0.15, 0.2) is 72.8 Å². The number of aromatic hydroxyl groups is 1. The van der Waals surface area contributed by atoms with Crippen LogP contribution in [0, 0.1) is 17.0 Å². The van der Waals surface area contributed by atoms with E-state index < -0.39 is 102 Å². The van der Waals surface area contributed by atoms with Crippen molar-refractivity contribution >= 4 is 47.4 Å². The highest BCUT2D eigenvalue weighted by Gasteiger charge is 2.34. The van der Waals surface area contributed by atoms with Crippen molar-refractivity contribution in [2.24, 2.45) is 17.2 Å². The highest BCUT2D eigenvalue weighted by molar-refractivity contribution is 5.96. The molecular formula is C40H50F2N10O9. The van der Waals surface area contributed by atoms with E-state index in [4.69, 9.17) is 27.7 Å². The van der Waals surface area contributed by atoms with Crippen molar-refractivity contribution in [3.63, 3.8) is 0 Å². The summed E-state index contributed by atoms with van der Waals surface area (Å²) in [5, 5.41) is 41.1. The molecule has 0 aliphatic carbocycles. The number of phenols is 1. The van der Waals surface area contributed by atoms with Crippen LogP contribution in [0.1, 0.15) is 48.8 Å². The summed E-state index contributed by atoms with van der Waals surface area (Å²) >= 11 is 0. The molecule has 19 nitrogen and oxygen atoms in total. The SMILES string of the molecule is CC(c1ccc(F)cc1)C(NC(=O)C(N)Cc1ccc(F)cc1)C(=O)NC(Cc1ccc(O)cc1)C(=O)NC(CCCNC(=N)N)C(=O)NCC(=O)NC(CC(=O)O)C(N)=O. The first-order valence-electron chi connectivity index (χ1n) is 18.9. The summed E-state index contributed by atoms with van der Waals surface area (Å²) in [7, 11) is 0. The molecule has 0 fully saturated rings. The number of rotatable bonds is 23. The molecule has 0 aliphatic rings. The van der Waals surface area contributed by atoms with Crippen molar-refractivity contribution in [3.8, 4) is 5.75 Å². The minimum Gasteiger partial charge on any atom is -0.508 e. The van der Waals surface area contributed by atoms with E-state index in [1.165, 1.54) is 60.7 Å². The number of primary amides is 1. The largest absolute Gasteiger partial charge is 0.508 e. The summed E-state index contributed by atoms with van der Waals surface area (Å²) in [5.74, 6) is -9.35. The van der Waals surface area contributed by atoms with Crippen LogP contribution in [0.25, 0.3) is 0 Å². The van der Waals surface area contributed by atoms with Gasteiger partial charge in [-0.05, 0) is 72.4 Å². The fourth-order valence-electron chi connectivity index (χ4n) is 5.95. The molecule has 0 saturated heterocycles. The highest BCUT2D eigenvalue weighted by atomic mass is 19.1. The number of hydrogen-bond acceptors (Lipinski definition) is 10. The molecule has 0 aromatic heterocycles. The van der Waals surface area contributed by atoms with Crippen LogP contribution in [-0.4, -0.2) is 101 Å². The van der Waals surface area contributed by atoms with E-state index in [2.05, 4.69) is 31.9 Å². The van der Waals surface area contributed by atoms with Gasteiger partial charge >= 0.3 is 5.97 Å². The summed E-state index contributed by atoms with van der Waals surface area (Å²) in [6.07, 6.45) is -1.02. The van der Waals surface area contributed by atoms with Gasteiger partial charge < -0.3 is 59.3 Å². The van der Waals surface area contributed by atoms with Crippen LogP contribution in [0.5, 0.6) is 5.75 Å². The number of nitrogens with one attached hydrogen (secondary N) is 7. The Labute approximate surface area is 349 Å². The number of amides is 6. The predicted octanol–water partition coefficient (Wildman–Crippen LogP) is -1.13. The number of halogens is 2. The van der Waals surface area contributed by atoms with Gasteiger partial charge in [-0.25, -0.2) is 8.78 Å². The first-order valence-corrected chi connectivity index (χ1v) is 18.9. The Morgan fingerprint density at radius 1 is 0.689 bits per heavy atom. The third kappa shape index (κ3) is 16.6. The number of aliphatic carboxylic acids is 1. The van der Waals surface area contributed by atoms with Gasteiger partial charge in [0.2, 0.25) is 35.4 Å². The maximum absolute atomic E-state index is 14.3. The first-order chi connectivity index (χ1) is 28.8. The van der Waals surface area contributed by atoms with Gasteiger partial charge in [0.1, 0.15) is 41.6 Å². The number of carboxylic acids is 1. The fourth-order valence-corrected chi connectivity index (χ4v) is 5.95. The zero-order chi connectivity index (χ0) is 45.2. The molecule has 3 aromatic carbocycles. The monoisotopic (exact) mass is 852 g/mol. The standard InChI is InChI=1S/C40H50F2N10O9/c1-21(24-8-12-26(42)13-9-24)34(52-36(58)28(43)17-22-4-10-25(41)11-5-22)39(61)51-31(18-23-6-14-27(53)15-7-23)38(60)50-29(3-2-16-47-40(45)46)37(59)48-20-32(54)49-30(35(44)57)19-33(55)56/h4-15,21,28-31,34,53H,2-3,16-20,43H2,1H3,(H2,44,57)(H,48,59)(H,49,54)(H,50,60)(H,51,61)(H,52,58)(H,55,56)(H4,45,46,47). The van der Waals surface area contributed by atoms with Crippen LogP contribution in [0.2, 0.25) is 0 Å². The third-order valence-corrected chi connectivity index (χ3v) is 9.29. The molecular weight excluding hydrogens is 802 g/mol. The van der Waals surface area contributed by atoms with Crippen molar-refractivity contribution < 1.29 is 52.6 Å². The topological polar surface area (TPSA) is 334 Å². The third-order valence-electron chi connectivity index (χ3n) is 9.29. The maximum Gasteiger partial charge on any atom is 0.305 e. The van der Waals surface area contributed by atoms with Gasteiger partial charge in [0.25, 0.3) is 0 Å². The first kappa shape index (κ1) is 48.2. The summed E-state index contributed by atoms with van der Waals surface area (Å²) in [5.41, 5.74) is 18.1. The minimum absolute atomic E-state index is 0.0294. The maximum atomic E-state index is 14.3. The Morgan fingerprint density at radius 2 is 1.25 bits per heavy atom. The van der Waals surface area contributed by atoms with Gasteiger partial charge in [0, 0.05) is 18.9 Å². The summed E-state index contributed by atoms with van der Waals surface area (Å²) in [4.78, 5) is 90.6. The normalized spacial score (nSPS) is 13.8. The quantitative estimate of drug-likeness (QED) is 0.0306. The molecule has 328 valence electrons. The molecule has 0 spiro atoms. The number of carbonyl (C=O) groups excluding carboxylic acids is 6. The Balaban J connectivity index is 1.91. The van der Waals surface area contributed by atoms with E-state index in [1.54, 1.807) is 6.92 Å². The Kier molecular flexibility index (Phi) is 18.5. The Bertz CT molecular complexity index is 2020. The predicted molar refractivity (Wildman–Crippen MR) is 216 cm³/mol. The lowest BCUT2D eigenvalue weighted by Gasteiger charge is -2.29. The van der Waals surface area contributed by atoms with E-state index in [1.807, 2.05) is 0 Å². The molecule has 6 unspecified atom stereocenters. The van der Waals surface area contributed by atoms with Crippen LogP contribution >= 0.6 is 0 Å². The summed E-state index contributed by atoms with van der Waals surface area (Å²) in [6.45, 7) is 0.904.